The molecule has 0 radical (unpaired) electrons. The van der Waals surface area contributed by atoms with E-state index < -0.39 is 6.10 Å². The van der Waals surface area contributed by atoms with Crippen LogP contribution in [0.2, 0.25) is 0 Å². The van der Waals surface area contributed by atoms with Gasteiger partial charge in [-0.15, -0.1) is 10.2 Å². The van der Waals surface area contributed by atoms with Crippen molar-refractivity contribution >= 4 is 11.8 Å². The molecule has 0 saturated carbocycles. The molecule has 28 heavy (non-hydrogen) atoms. The number of nitrogens with one attached hydrogen (secondary N) is 1. The summed E-state index contributed by atoms with van der Waals surface area (Å²) in [6.45, 7) is 4.95. The van der Waals surface area contributed by atoms with Crippen molar-refractivity contribution in [3.8, 4) is 5.75 Å². The number of β-amino-alcohol motifs (C(OH)–C–C–N with tert-alkyl or cyclic N) is 1. The molecule has 2 aromatic rings. The van der Waals surface area contributed by atoms with Gasteiger partial charge in [-0.05, 0) is 43.6 Å². The van der Waals surface area contributed by atoms with E-state index in [1.54, 1.807) is 18.1 Å². The molecule has 0 amide bonds. The van der Waals surface area contributed by atoms with Crippen LogP contribution in [0.3, 0.4) is 0 Å². The number of aryl methyl sites for hydroxylation is 1. The summed E-state index contributed by atoms with van der Waals surface area (Å²) in [5, 5.41) is 22.5. The predicted molar refractivity (Wildman–Crippen MR) is 112 cm³/mol. The number of aliphatic hydroxyl groups excluding tert-OH is 1. The van der Waals surface area contributed by atoms with Crippen LogP contribution in [0.15, 0.2) is 35.7 Å². The lowest BCUT2D eigenvalue weighted by Crippen LogP contribution is -2.38. The van der Waals surface area contributed by atoms with E-state index in [4.69, 9.17) is 4.74 Å². The van der Waals surface area contributed by atoms with Gasteiger partial charge < -0.3 is 24.6 Å². The molecule has 1 aromatic carbocycles. The molecule has 1 aliphatic rings. The molecule has 2 N–H and O–H groups in total. The van der Waals surface area contributed by atoms with Gasteiger partial charge in [0.25, 0.3) is 0 Å². The van der Waals surface area contributed by atoms with Crippen LogP contribution in [0.4, 0.5) is 0 Å². The fourth-order valence-corrected chi connectivity index (χ4v) is 4.02. The summed E-state index contributed by atoms with van der Waals surface area (Å²) in [5.41, 5.74) is 1.21. The second kappa shape index (κ2) is 11.4. The molecule has 0 spiro atoms. The van der Waals surface area contributed by atoms with Crippen molar-refractivity contribution in [2.75, 3.05) is 38.5 Å². The van der Waals surface area contributed by atoms with Crippen molar-refractivity contribution in [2.45, 2.75) is 37.1 Å². The highest BCUT2D eigenvalue weighted by atomic mass is 32.2. The highest BCUT2D eigenvalue weighted by molar-refractivity contribution is 7.99. The van der Waals surface area contributed by atoms with E-state index in [0.717, 1.165) is 42.8 Å². The van der Waals surface area contributed by atoms with Gasteiger partial charge in [0.2, 0.25) is 0 Å². The van der Waals surface area contributed by atoms with E-state index in [9.17, 15) is 5.11 Å². The maximum absolute atomic E-state index is 10.2. The molecule has 1 aliphatic heterocycles. The van der Waals surface area contributed by atoms with Gasteiger partial charge in [0.15, 0.2) is 5.16 Å². The molecule has 1 unspecified atom stereocenters. The average molecular weight is 406 g/mol. The zero-order valence-corrected chi connectivity index (χ0v) is 17.4. The van der Waals surface area contributed by atoms with Crippen molar-refractivity contribution in [1.29, 1.82) is 0 Å². The van der Waals surface area contributed by atoms with E-state index in [2.05, 4.69) is 32.5 Å². The maximum Gasteiger partial charge on any atom is 0.190 e. The number of hydrogen-bond acceptors (Lipinski definition) is 7. The molecule has 1 aromatic heterocycles. The first kappa shape index (κ1) is 21.1. The highest BCUT2D eigenvalue weighted by Crippen LogP contribution is 2.14. The monoisotopic (exact) mass is 405 g/mol. The molecular weight excluding hydrogens is 374 g/mol. The fraction of sp³-hybridized carbons (Fsp3) is 0.600. The molecular formula is C20H31N5O2S. The van der Waals surface area contributed by atoms with E-state index in [-0.39, 0.29) is 0 Å². The molecule has 1 atom stereocenters. The second-order valence-electron chi connectivity index (χ2n) is 7.22. The van der Waals surface area contributed by atoms with Crippen molar-refractivity contribution in [1.82, 2.24) is 25.0 Å². The summed E-state index contributed by atoms with van der Waals surface area (Å²) in [6.07, 6.45) is 5.06. The third kappa shape index (κ3) is 7.09. The van der Waals surface area contributed by atoms with Crippen LogP contribution in [0, 0.1) is 0 Å². The Morgan fingerprint density at radius 2 is 2.00 bits per heavy atom. The van der Waals surface area contributed by atoms with Crippen molar-refractivity contribution in [3.05, 3.63) is 36.2 Å². The van der Waals surface area contributed by atoms with Crippen LogP contribution in [-0.2, 0) is 13.6 Å². The largest absolute Gasteiger partial charge is 0.491 e. The second-order valence-corrected chi connectivity index (χ2v) is 8.28. The van der Waals surface area contributed by atoms with Crippen molar-refractivity contribution in [2.24, 2.45) is 7.05 Å². The number of benzene rings is 1. The number of rotatable bonds is 11. The quantitative estimate of drug-likeness (QED) is 0.437. The van der Waals surface area contributed by atoms with Gasteiger partial charge in [-0.2, -0.15) is 0 Å². The summed E-state index contributed by atoms with van der Waals surface area (Å²) >= 11 is 1.69. The third-order valence-corrected chi connectivity index (χ3v) is 5.83. The molecule has 2 heterocycles. The van der Waals surface area contributed by atoms with Crippen LogP contribution in [-0.4, -0.2) is 69.4 Å². The number of ether oxygens (including phenoxy) is 1. The van der Waals surface area contributed by atoms with Gasteiger partial charge in [0, 0.05) is 32.4 Å². The summed E-state index contributed by atoms with van der Waals surface area (Å²) in [7, 11) is 1.95. The van der Waals surface area contributed by atoms with Gasteiger partial charge in [0.1, 0.15) is 24.8 Å². The highest BCUT2D eigenvalue weighted by Gasteiger charge is 2.15. The first-order valence-corrected chi connectivity index (χ1v) is 11.0. The van der Waals surface area contributed by atoms with E-state index in [1.165, 1.54) is 24.8 Å². The Morgan fingerprint density at radius 3 is 2.71 bits per heavy atom. The molecule has 3 rings (SSSR count). The summed E-state index contributed by atoms with van der Waals surface area (Å²) < 4.78 is 7.67. The average Bonchev–Trinajstić information content (AvgIpc) is 3.12. The summed E-state index contributed by atoms with van der Waals surface area (Å²) in [5.74, 6) is 1.75. The Labute approximate surface area is 171 Å². The molecule has 7 nitrogen and oxygen atoms in total. The number of nitrogens with zero attached hydrogens (tertiary/aromatic N) is 4. The Bertz CT molecular complexity index is 688. The molecule has 154 valence electrons. The van der Waals surface area contributed by atoms with Crippen LogP contribution >= 0.6 is 11.8 Å². The van der Waals surface area contributed by atoms with E-state index in [0.29, 0.717) is 13.2 Å². The zero-order chi connectivity index (χ0) is 19.6. The normalized spacial score (nSPS) is 16.2. The number of likely N-dealkylation sites (tertiary alicyclic amines) is 1. The third-order valence-electron chi connectivity index (χ3n) is 4.79. The van der Waals surface area contributed by atoms with Crippen LogP contribution in [0.25, 0.3) is 0 Å². The first-order valence-electron chi connectivity index (χ1n) is 10.0. The Hall–Kier alpha value is -1.61. The Balaban J connectivity index is 1.29. The van der Waals surface area contributed by atoms with Gasteiger partial charge in [-0.25, -0.2) is 0 Å². The summed E-state index contributed by atoms with van der Waals surface area (Å²) in [4.78, 5) is 2.33. The van der Waals surface area contributed by atoms with E-state index >= 15 is 0 Å². The molecule has 1 fully saturated rings. The predicted octanol–water partition coefficient (Wildman–Crippen LogP) is 1.92. The SMILES string of the molecule is Cn1cnnc1SCCNCc1ccc(OCC(O)CN2CCCCC2)cc1. The molecule has 1 saturated heterocycles. The smallest absolute Gasteiger partial charge is 0.190 e. The summed E-state index contributed by atoms with van der Waals surface area (Å²) in [6, 6.07) is 8.07. The number of hydrogen-bond donors (Lipinski definition) is 2. The minimum atomic E-state index is -0.439. The van der Waals surface area contributed by atoms with Gasteiger partial charge in [0.05, 0.1) is 0 Å². The van der Waals surface area contributed by atoms with E-state index in [1.807, 2.05) is 23.7 Å². The van der Waals surface area contributed by atoms with Crippen LogP contribution < -0.4 is 10.1 Å². The zero-order valence-electron chi connectivity index (χ0n) is 16.6. The minimum absolute atomic E-state index is 0.341. The number of piperidine rings is 1. The lowest BCUT2D eigenvalue weighted by Gasteiger charge is -2.28. The lowest BCUT2D eigenvalue weighted by molar-refractivity contribution is 0.0617. The molecule has 0 aliphatic carbocycles. The fourth-order valence-electron chi connectivity index (χ4n) is 3.24. The molecule has 0 bridgehead atoms. The Morgan fingerprint density at radius 1 is 1.21 bits per heavy atom. The van der Waals surface area contributed by atoms with Crippen molar-refractivity contribution in [3.63, 3.8) is 0 Å². The van der Waals surface area contributed by atoms with Gasteiger partial charge >= 0.3 is 0 Å². The lowest BCUT2D eigenvalue weighted by atomic mass is 10.1. The standard InChI is InChI=1S/C20H31N5O2S/c1-24-16-22-23-20(24)28-12-9-21-13-17-5-7-19(8-6-17)27-15-18(26)14-25-10-3-2-4-11-25/h5-8,16,18,21,26H,2-4,9-15H2,1H3. The number of thioether (sulfide) groups is 1. The number of aromatic nitrogens is 3. The Kier molecular flexibility index (Phi) is 8.60. The first-order chi connectivity index (χ1) is 13.7. The minimum Gasteiger partial charge on any atom is -0.491 e. The van der Waals surface area contributed by atoms with Crippen LogP contribution in [0.1, 0.15) is 24.8 Å². The maximum atomic E-state index is 10.2. The molecule has 8 heteroatoms. The van der Waals surface area contributed by atoms with Gasteiger partial charge in [-0.3, -0.25) is 0 Å². The van der Waals surface area contributed by atoms with Gasteiger partial charge in [-0.1, -0.05) is 30.3 Å². The number of aliphatic hydroxyl groups is 1. The van der Waals surface area contributed by atoms with Crippen molar-refractivity contribution < 1.29 is 9.84 Å². The van der Waals surface area contributed by atoms with Crippen LogP contribution in [0.5, 0.6) is 5.75 Å². The topological polar surface area (TPSA) is 75.4 Å².